The van der Waals surface area contributed by atoms with E-state index >= 15 is 0 Å². The van der Waals surface area contributed by atoms with E-state index in [0.29, 0.717) is 13.2 Å². The SMILES string of the molecule is CCOc1ccc(OCC)c(-n2ccc(C)n2)c1. The summed E-state index contributed by atoms with van der Waals surface area (Å²) < 4.78 is 12.9. The third-order valence-electron chi connectivity index (χ3n) is 2.51. The van der Waals surface area contributed by atoms with Crippen molar-refractivity contribution in [3.63, 3.8) is 0 Å². The highest BCUT2D eigenvalue weighted by atomic mass is 16.5. The monoisotopic (exact) mass is 246 g/mol. The van der Waals surface area contributed by atoms with Gasteiger partial charge in [0, 0.05) is 12.3 Å². The van der Waals surface area contributed by atoms with Gasteiger partial charge in [0.05, 0.1) is 18.9 Å². The van der Waals surface area contributed by atoms with E-state index in [1.807, 2.05) is 55.9 Å². The number of nitrogens with zero attached hydrogens (tertiary/aromatic N) is 2. The zero-order valence-electron chi connectivity index (χ0n) is 11.0. The molecule has 2 aromatic rings. The van der Waals surface area contributed by atoms with E-state index < -0.39 is 0 Å². The molecule has 0 aliphatic carbocycles. The standard InChI is InChI=1S/C14H18N2O2/c1-4-17-12-6-7-14(18-5-2)13(10-12)16-9-8-11(3)15-16/h6-10H,4-5H2,1-3H3. The second kappa shape index (κ2) is 5.58. The van der Waals surface area contributed by atoms with Crippen molar-refractivity contribution in [2.24, 2.45) is 0 Å². The first-order valence-electron chi connectivity index (χ1n) is 6.17. The van der Waals surface area contributed by atoms with Crippen LogP contribution in [-0.2, 0) is 0 Å². The summed E-state index contributed by atoms with van der Waals surface area (Å²) in [5.74, 6) is 1.63. The van der Waals surface area contributed by atoms with E-state index in [1.165, 1.54) is 0 Å². The van der Waals surface area contributed by atoms with Crippen LogP contribution in [0.25, 0.3) is 5.69 Å². The predicted octanol–water partition coefficient (Wildman–Crippen LogP) is 2.98. The summed E-state index contributed by atoms with van der Waals surface area (Å²) in [7, 11) is 0. The molecular weight excluding hydrogens is 228 g/mol. The first kappa shape index (κ1) is 12.5. The van der Waals surface area contributed by atoms with Crippen molar-refractivity contribution in [2.75, 3.05) is 13.2 Å². The molecule has 18 heavy (non-hydrogen) atoms. The zero-order valence-corrected chi connectivity index (χ0v) is 11.0. The van der Waals surface area contributed by atoms with E-state index in [2.05, 4.69) is 5.10 Å². The van der Waals surface area contributed by atoms with Crippen LogP contribution in [0.1, 0.15) is 19.5 Å². The van der Waals surface area contributed by atoms with Crippen molar-refractivity contribution in [1.82, 2.24) is 9.78 Å². The van der Waals surface area contributed by atoms with Crippen LogP contribution >= 0.6 is 0 Å². The Bertz CT molecular complexity index is 520. The van der Waals surface area contributed by atoms with Gasteiger partial charge in [-0.05, 0) is 39.0 Å². The molecule has 0 saturated heterocycles. The summed E-state index contributed by atoms with van der Waals surface area (Å²) in [6.07, 6.45) is 1.92. The zero-order chi connectivity index (χ0) is 13.0. The number of rotatable bonds is 5. The van der Waals surface area contributed by atoms with Crippen molar-refractivity contribution in [2.45, 2.75) is 20.8 Å². The Hall–Kier alpha value is -1.97. The first-order valence-corrected chi connectivity index (χ1v) is 6.17. The quantitative estimate of drug-likeness (QED) is 0.813. The van der Waals surface area contributed by atoms with E-state index in [1.54, 1.807) is 0 Å². The topological polar surface area (TPSA) is 36.3 Å². The fraction of sp³-hybridized carbons (Fsp3) is 0.357. The Morgan fingerprint density at radius 2 is 1.89 bits per heavy atom. The highest BCUT2D eigenvalue weighted by Gasteiger charge is 2.08. The summed E-state index contributed by atoms with van der Waals surface area (Å²) in [6, 6.07) is 7.74. The molecule has 4 heteroatoms. The fourth-order valence-electron chi connectivity index (χ4n) is 1.76. The Labute approximate surface area is 107 Å². The number of aromatic nitrogens is 2. The lowest BCUT2D eigenvalue weighted by molar-refractivity contribution is 0.329. The van der Waals surface area contributed by atoms with Crippen LogP contribution in [-0.4, -0.2) is 23.0 Å². The van der Waals surface area contributed by atoms with E-state index in [9.17, 15) is 0 Å². The number of ether oxygens (including phenoxy) is 2. The van der Waals surface area contributed by atoms with Gasteiger partial charge in [0.2, 0.25) is 0 Å². The molecule has 0 aliphatic heterocycles. The molecule has 0 bridgehead atoms. The molecule has 0 fully saturated rings. The molecule has 0 unspecified atom stereocenters. The molecule has 0 spiro atoms. The van der Waals surface area contributed by atoms with Crippen molar-refractivity contribution in [3.05, 3.63) is 36.2 Å². The molecule has 0 atom stereocenters. The lowest BCUT2D eigenvalue weighted by Crippen LogP contribution is -2.02. The molecule has 1 aromatic carbocycles. The van der Waals surface area contributed by atoms with Gasteiger partial charge < -0.3 is 9.47 Å². The molecule has 1 heterocycles. The first-order chi connectivity index (χ1) is 8.74. The number of hydrogen-bond acceptors (Lipinski definition) is 3. The van der Waals surface area contributed by atoms with Crippen LogP contribution < -0.4 is 9.47 Å². The largest absolute Gasteiger partial charge is 0.494 e. The molecule has 0 N–H and O–H groups in total. The normalized spacial score (nSPS) is 10.4. The molecule has 0 saturated carbocycles. The van der Waals surface area contributed by atoms with Gasteiger partial charge in [0.15, 0.2) is 0 Å². The van der Waals surface area contributed by atoms with E-state index in [4.69, 9.17) is 9.47 Å². The average molecular weight is 246 g/mol. The summed E-state index contributed by atoms with van der Waals surface area (Å²) >= 11 is 0. The van der Waals surface area contributed by atoms with Crippen molar-refractivity contribution < 1.29 is 9.47 Å². The Morgan fingerprint density at radius 3 is 2.50 bits per heavy atom. The number of aryl methyl sites for hydroxylation is 1. The van der Waals surface area contributed by atoms with E-state index in [-0.39, 0.29) is 0 Å². The van der Waals surface area contributed by atoms with Gasteiger partial charge in [0.25, 0.3) is 0 Å². The smallest absolute Gasteiger partial charge is 0.145 e. The summed E-state index contributed by atoms with van der Waals surface area (Å²) in [6.45, 7) is 7.17. The van der Waals surface area contributed by atoms with Gasteiger partial charge in [-0.3, -0.25) is 0 Å². The fourth-order valence-corrected chi connectivity index (χ4v) is 1.76. The Morgan fingerprint density at radius 1 is 1.11 bits per heavy atom. The lowest BCUT2D eigenvalue weighted by atomic mass is 10.2. The minimum absolute atomic E-state index is 0.626. The van der Waals surface area contributed by atoms with Crippen LogP contribution in [0.5, 0.6) is 11.5 Å². The molecule has 4 nitrogen and oxygen atoms in total. The van der Waals surface area contributed by atoms with Crippen LogP contribution in [0.3, 0.4) is 0 Å². The minimum Gasteiger partial charge on any atom is -0.494 e. The molecular formula is C14H18N2O2. The predicted molar refractivity (Wildman–Crippen MR) is 70.6 cm³/mol. The van der Waals surface area contributed by atoms with Crippen molar-refractivity contribution in [1.29, 1.82) is 0 Å². The number of benzene rings is 1. The number of hydrogen-bond donors (Lipinski definition) is 0. The third kappa shape index (κ3) is 2.64. The van der Waals surface area contributed by atoms with Gasteiger partial charge in [-0.2, -0.15) is 5.10 Å². The Kier molecular flexibility index (Phi) is 3.87. The third-order valence-corrected chi connectivity index (χ3v) is 2.51. The molecule has 0 radical (unpaired) electrons. The van der Waals surface area contributed by atoms with Gasteiger partial charge in [-0.25, -0.2) is 4.68 Å². The van der Waals surface area contributed by atoms with Gasteiger partial charge in [-0.15, -0.1) is 0 Å². The second-order valence-electron chi connectivity index (χ2n) is 3.90. The Balaban J connectivity index is 2.43. The van der Waals surface area contributed by atoms with Crippen LogP contribution in [0.4, 0.5) is 0 Å². The maximum atomic E-state index is 5.62. The van der Waals surface area contributed by atoms with Crippen LogP contribution in [0, 0.1) is 6.92 Å². The van der Waals surface area contributed by atoms with Gasteiger partial charge in [-0.1, -0.05) is 0 Å². The minimum atomic E-state index is 0.626. The maximum Gasteiger partial charge on any atom is 0.145 e. The van der Waals surface area contributed by atoms with Crippen LogP contribution in [0.15, 0.2) is 30.5 Å². The summed E-state index contributed by atoms with van der Waals surface area (Å²) in [4.78, 5) is 0. The second-order valence-corrected chi connectivity index (χ2v) is 3.90. The molecule has 96 valence electrons. The maximum absolute atomic E-state index is 5.62. The van der Waals surface area contributed by atoms with E-state index in [0.717, 1.165) is 22.9 Å². The van der Waals surface area contributed by atoms with Crippen molar-refractivity contribution in [3.8, 4) is 17.2 Å². The highest BCUT2D eigenvalue weighted by molar-refractivity contribution is 5.50. The summed E-state index contributed by atoms with van der Waals surface area (Å²) in [5.41, 5.74) is 1.87. The van der Waals surface area contributed by atoms with Gasteiger partial charge in [0.1, 0.15) is 17.2 Å². The molecule has 0 amide bonds. The lowest BCUT2D eigenvalue weighted by Gasteiger charge is -2.12. The molecule has 2 rings (SSSR count). The summed E-state index contributed by atoms with van der Waals surface area (Å²) in [5, 5.41) is 4.41. The average Bonchev–Trinajstić information content (AvgIpc) is 2.78. The highest BCUT2D eigenvalue weighted by Crippen LogP contribution is 2.27. The van der Waals surface area contributed by atoms with Gasteiger partial charge >= 0.3 is 0 Å². The van der Waals surface area contributed by atoms with Crippen molar-refractivity contribution >= 4 is 0 Å². The molecule has 1 aromatic heterocycles. The molecule has 0 aliphatic rings. The van der Waals surface area contributed by atoms with Crippen LogP contribution in [0.2, 0.25) is 0 Å².